The van der Waals surface area contributed by atoms with E-state index < -0.39 is 8.32 Å². The highest BCUT2D eigenvalue weighted by molar-refractivity contribution is 9.09. The molecule has 0 aliphatic rings. The molecule has 88 valence electrons. The number of rotatable bonds is 5. The van der Waals surface area contributed by atoms with Crippen molar-refractivity contribution >= 4 is 24.2 Å². The monoisotopic (exact) mass is 291 g/mol. The molecule has 2 nitrogen and oxygen atoms in total. The second-order valence-corrected chi connectivity index (χ2v) is 10.9. The first-order valence-corrected chi connectivity index (χ1v) is 9.41. The molecule has 0 spiro atoms. The number of hydrogen-bond acceptors (Lipinski definition) is 2. The summed E-state index contributed by atoms with van der Waals surface area (Å²) >= 11 is 3.37. The third-order valence-corrected chi connectivity index (χ3v) is 8.03. The first-order valence-electron chi connectivity index (χ1n) is 5.38. The van der Waals surface area contributed by atoms with Crippen molar-refractivity contribution in [3.8, 4) is 6.07 Å². The molecule has 1 atom stereocenters. The Morgan fingerprint density at radius 2 is 1.93 bits per heavy atom. The first kappa shape index (κ1) is 15.1. The van der Waals surface area contributed by atoms with Crippen LogP contribution in [-0.4, -0.2) is 19.8 Å². The molecule has 0 saturated heterocycles. The minimum absolute atomic E-state index is 0.177. The number of hydrogen-bond donors (Lipinski definition) is 0. The third-order valence-electron chi connectivity index (χ3n) is 2.99. The van der Waals surface area contributed by atoms with E-state index in [-0.39, 0.29) is 11.1 Å². The van der Waals surface area contributed by atoms with Gasteiger partial charge in [-0.2, -0.15) is 5.26 Å². The zero-order valence-corrected chi connectivity index (χ0v) is 13.0. The van der Waals surface area contributed by atoms with Crippen LogP contribution in [0.4, 0.5) is 0 Å². The van der Waals surface area contributed by atoms with Crippen molar-refractivity contribution in [2.45, 2.75) is 57.8 Å². The number of halogens is 1. The van der Waals surface area contributed by atoms with Gasteiger partial charge in [0.15, 0.2) is 8.32 Å². The van der Waals surface area contributed by atoms with Gasteiger partial charge in [-0.25, -0.2) is 0 Å². The molecule has 0 aromatic carbocycles. The van der Waals surface area contributed by atoms with Gasteiger partial charge in [0.25, 0.3) is 0 Å². The summed E-state index contributed by atoms with van der Waals surface area (Å²) in [6, 6.07) is 2.26. The lowest BCUT2D eigenvalue weighted by molar-refractivity contribution is 0.221. The van der Waals surface area contributed by atoms with Crippen LogP contribution in [0.1, 0.15) is 33.6 Å². The summed E-state index contributed by atoms with van der Waals surface area (Å²) in [6.07, 6.45) is 1.59. The van der Waals surface area contributed by atoms with E-state index in [1.54, 1.807) is 0 Å². The smallest absolute Gasteiger partial charge is 0.193 e. The normalized spacial score (nSPS) is 14.7. The lowest BCUT2D eigenvalue weighted by atomic mass is 10.2. The van der Waals surface area contributed by atoms with Crippen LogP contribution in [0.2, 0.25) is 18.1 Å². The zero-order chi connectivity index (χ0) is 12.1. The predicted octanol–water partition coefficient (Wildman–Crippen LogP) is 4.08. The Kier molecular flexibility index (Phi) is 6.08. The molecule has 0 aromatic heterocycles. The summed E-state index contributed by atoms with van der Waals surface area (Å²) in [7, 11) is -1.78. The minimum atomic E-state index is -1.78. The fourth-order valence-corrected chi connectivity index (χ4v) is 2.50. The van der Waals surface area contributed by atoms with E-state index in [1.807, 2.05) is 0 Å². The molecule has 4 heteroatoms. The molecule has 0 bridgehead atoms. The van der Waals surface area contributed by atoms with Crippen LogP contribution in [0.3, 0.4) is 0 Å². The second-order valence-electron chi connectivity index (χ2n) is 5.33. The average Bonchev–Trinajstić information content (AvgIpc) is 2.10. The van der Waals surface area contributed by atoms with E-state index in [0.29, 0.717) is 0 Å². The molecular formula is C11H22BrNOSi. The van der Waals surface area contributed by atoms with Gasteiger partial charge in [-0.3, -0.25) is 0 Å². The SMILES string of the molecule is CC(C)(C)[Si](C)(C)O[C@@H](C#N)CCCBr. The first-order chi connectivity index (χ1) is 6.74. The van der Waals surface area contributed by atoms with Crippen molar-refractivity contribution in [3.63, 3.8) is 0 Å². The molecule has 15 heavy (non-hydrogen) atoms. The Morgan fingerprint density at radius 1 is 1.40 bits per heavy atom. The maximum atomic E-state index is 9.01. The highest BCUT2D eigenvalue weighted by atomic mass is 79.9. The third kappa shape index (κ3) is 5.14. The number of nitrogens with zero attached hydrogens (tertiary/aromatic N) is 1. The van der Waals surface area contributed by atoms with Crippen LogP contribution in [-0.2, 0) is 4.43 Å². The standard InChI is InChI=1S/C11H22BrNOSi/c1-11(2,3)15(4,5)14-10(9-13)7-6-8-12/h10H,6-8H2,1-5H3/t10-/m1/s1. The highest BCUT2D eigenvalue weighted by Gasteiger charge is 2.39. The van der Waals surface area contributed by atoms with Crippen LogP contribution < -0.4 is 0 Å². The van der Waals surface area contributed by atoms with Crippen molar-refractivity contribution in [2.24, 2.45) is 0 Å². The molecule has 0 saturated carbocycles. The topological polar surface area (TPSA) is 33.0 Å². The molecule has 0 aliphatic heterocycles. The maximum Gasteiger partial charge on any atom is 0.193 e. The Hall–Kier alpha value is 0.147. The lowest BCUT2D eigenvalue weighted by Crippen LogP contribution is -2.43. The van der Waals surface area contributed by atoms with Gasteiger partial charge in [-0.05, 0) is 31.0 Å². The lowest BCUT2D eigenvalue weighted by Gasteiger charge is -2.37. The van der Waals surface area contributed by atoms with Gasteiger partial charge in [0.1, 0.15) is 6.10 Å². The fourth-order valence-electron chi connectivity index (χ4n) is 0.945. The Bertz CT molecular complexity index is 230. The quantitative estimate of drug-likeness (QED) is 0.565. The summed E-state index contributed by atoms with van der Waals surface area (Å²) < 4.78 is 6.01. The van der Waals surface area contributed by atoms with E-state index in [0.717, 1.165) is 18.2 Å². The van der Waals surface area contributed by atoms with Crippen molar-refractivity contribution in [1.82, 2.24) is 0 Å². The fraction of sp³-hybridized carbons (Fsp3) is 0.909. The van der Waals surface area contributed by atoms with Gasteiger partial charge >= 0.3 is 0 Å². The van der Waals surface area contributed by atoms with Gasteiger partial charge in [0.05, 0.1) is 6.07 Å². The van der Waals surface area contributed by atoms with E-state index in [4.69, 9.17) is 9.69 Å². The summed E-state index contributed by atoms with van der Waals surface area (Å²) in [5.74, 6) is 0. The molecule has 0 heterocycles. The predicted molar refractivity (Wildman–Crippen MR) is 70.7 cm³/mol. The zero-order valence-electron chi connectivity index (χ0n) is 10.4. The molecular weight excluding hydrogens is 270 g/mol. The highest BCUT2D eigenvalue weighted by Crippen LogP contribution is 2.37. The number of alkyl halides is 1. The van der Waals surface area contributed by atoms with E-state index in [1.165, 1.54) is 0 Å². The van der Waals surface area contributed by atoms with Crippen LogP contribution in [0.15, 0.2) is 0 Å². The molecule has 0 rings (SSSR count). The van der Waals surface area contributed by atoms with Gasteiger partial charge < -0.3 is 4.43 Å². The van der Waals surface area contributed by atoms with E-state index >= 15 is 0 Å². The molecule has 0 fully saturated rings. The molecule has 0 unspecified atom stereocenters. The summed E-state index contributed by atoms with van der Waals surface area (Å²) in [6.45, 7) is 10.9. The van der Waals surface area contributed by atoms with E-state index in [2.05, 4.69) is 55.9 Å². The largest absolute Gasteiger partial charge is 0.401 e. The summed E-state index contributed by atoms with van der Waals surface area (Å²) in [5, 5.41) is 10.1. The molecule has 0 amide bonds. The Labute approximate surface area is 103 Å². The molecule has 0 aromatic rings. The van der Waals surface area contributed by atoms with Gasteiger partial charge in [0, 0.05) is 5.33 Å². The average molecular weight is 292 g/mol. The molecule has 0 radical (unpaired) electrons. The minimum Gasteiger partial charge on any atom is -0.401 e. The van der Waals surface area contributed by atoms with Crippen molar-refractivity contribution < 1.29 is 4.43 Å². The van der Waals surface area contributed by atoms with Crippen LogP contribution >= 0.6 is 15.9 Å². The van der Waals surface area contributed by atoms with Crippen molar-refractivity contribution in [1.29, 1.82) is 5.26 Å². The number of nitriles is 1. The molecule has 0 N–H and O–H groups in total. The Morgan fingerprint density at radius 3 is 2.27 bits per heavy atom. The van der Waals surface area contributed by atoms with Crippen LogP contribution in [0, 0.1) is 11.3 Å². The van der Waals surface area contributed by atoms with Gasteiger partial charge in [-0.1, -0.05) is 36.7 Å². The summed E-state index contributed by atoms with van der Waals surface area (Å²) in [4.78, 5) is 0. The van der Waals surface area contributed by atoms with Crippen molar-refractivity contribution in [2.75, 3.05) is 5.33 Å². The van der Waals surface area contributed by atoms with Gasteiger partial charge in [0.2, 0.25) is 0 Å². The van der Waals surface area contributed by atoms with Crippen LogP contribution in [0.5, 0.6) is 0 Å². The second kappa shape index (κ2) is 6.02. The molecule has 0 aliphatic carbocycles. The van der Waals surface area contributed by atoms with E-state index in [9.17, 15) is 0 Å². The summed E-state index contributed by atoms with van der Waals surface area (Å²) in [5.41, 5.74) is 0. The van der Waals surface area contributed by atoms with Crippen molar-refractivity contribution in [3.05, 3.63) is 0 Å². The van der Waals surface area contributed by atoms with Gasteiger partial charge in [-0.15, -0.1) is 0 Å². The maximum absolute atomic E-state index is 9.01. The van der Waals surface area contributed by atoms with Crippen LogP contribution in [0.25, 0.3) is 0 Å². The Balaban J connectivity index is 4.36.